The standard InChI is InChI=1S/C50H64.Zr/c1-7-50(28-44(29(2)3)43-20-38(21-45(43)50)47(4,5)6)46-39-10-8-36(48-22-30-12-31(23-48)14-32(13-30)24-48)18-41(39)42-19-37(9-11-40(42)46)49-25-33-15-34(26-49)17-35(16-33)27-49;/h8-11,18-19,21,29-35,44,46H,7,12-17,20,22-28H2,1-6H3;. The van der Waals surface area contributed by atoms with E-state index >= 15 is 0 Å². The molecule has 0 nitrogen and oxygen atoms in total. The predicted octanol–water partition coefficient (Wildman–Crippen LogP) is 13.5. The number of rotatable bonds is 5. The molecule has 0 amide bonds. The van der Waals surface area contributed by atoms with Crippen LogP contribution < -0.4 is 0 Å². The van der Waals surface area contributed by atoms with Crippen LogP contribution in [0.2, 0.25) is 0 Å². The first-order valence-corrected chi connectivity index (χ1v) is 21.7. The van der Waals surface area contributed by atoms with Gasteiger partial charge >= 0.3 is 0 Å². The smallest absolute Gasteiger partial charge is 0.0199 e. The topological polar surface area (TPSA) is 0 Å². The monoisotopic (exact) mass is 754 g/mol. The molecule has 13 rings (SSSR count). The van der Waals surface area contributed by atoms with Crippen LogP contribution in [0.4, 0.5) is 0 Å². The Bertz CT molecular complexity index is 1680. The summed E-state index contributed by atoms with van der Waals surface area (Å²) in [7, 11) is 0. The zero-order valence-corrected chi connectivity index (χ0v) is 35.3. The van der Waals surface area contributed by atoms with Crippen LogP contribution in [0.15, 0.2) is 59.2 Å². The van der Waals surface area contributed by atoms with E-state index in [1.165, 1.54) is 96.3 Å². The number of benzene rings is 2. The van der Waals surface area contributed by atoms with Crippen molar-refractivity contribution in [3.05, 3.63) is 81.4 Å². The minimum absolute atomic E-state index is 0. The Kier molecular flexibility index (Phi) is 7.68. The Morgan fingerprint density at radius 3 is 1.45 bits per heavy atom. The van der Waals surface area contributed by atoms with E-state index in [1.54, 1.807) is 44.5 Å². The molecule has 1 heteroatoms. The summed E-state index contributed by atoms with van der Waals surface area (Å²) in [6.07, 6.45) is 24.5. The Morgan fingerprint density at radius 2 is 1.08 bits per heavy atom. The van der Waals surface area contributed by atoms with E-state index in [-0.39, 0.29) is 37.0 Å². The summed E-state index contributed by atoms with van der Waals surface area (Å²) >= 11 is 0. The van der Waals surface area contributed by atoms with Gasteiger partial charge in [-0.1, -0.05) is 95.2 Å². The normalized spacial score (nSPS) is 42.4. The quantitative estimate of drug-likeness (QED) is 0.285. The molecule has 0 aromatic heterocycles. The van der Waals surface area contributed by atoms with Gasteiger partial charge in [0, 0.05) is 37.5 Å². The maximum absolute atomic E-state index is 2.84. The minimum atomic E-state index is 0. The van der Waals surface area contributed by atoms with Crippen LogP contribution in [-0.4, -0.2) is 0 Å². The van der Waals surface area contributed by atoms with Gasteiger partial charge in [-0.15, -0.1) is 0 Å². The van der Waals surface area contributed by atoms with E-state index in [2.05, 4.69) is 84.0 Å². The first kappa shape index (κ1) is 34.3. The number of hydrogen-bond donors (Lipinski definition) is 0. The molecule has 8 saturated carbocycles. The molecular formula is C50H64Zr. The molecule has 0 spiro atoms. The van der Waals surface area contributed by atoms with Crippen molar-refractivity contribution in [2.45, 2.75) is 155 Å². The van der Waals surface area contributed by atoms with E-state index in [0.29, 0.717) is 28.6 Å². The van der Waals surface area contributed by atoms with Crippen LogP contribution in [0.25, 0.3) is 11.1 Å². The van der Waals surface area contributed by atoms with Crippen molar-refractivity contribution in [2.24, 2.45) is 58.2 Å². The molecule has 8 fully saturated rings. The van der Waals surface area contributed by atoms with Gasteiger partial charge in [-0.3, -0.25) is 0 Å². The number of hydrogen-bond acceptors (Lipinski definition) is 0. The summed E-state index contributed by atoms with van der Waals surface area (Å²) in [5, 5.41) is 0. The summed E-state index contributed by atoms with van der Waals surface area (Å²) in [4.78, 5) is 0. The van der Waals surface area contributed by atoms with Crippen LogP contribution in [0.5, 0.6) is 0 Å². The third kappa shape index (κ3) is 4.83. The second-order valence-corrected chi connectivity index (χ2v) is 22.0. The van der Waals surface area contributed by atoms with Crippen LogP contribution in [0.1, 0.15) is 166 Å². The second-order valence-electron chi connectivity index (χ2n) is 22.0. The van der Waals surface area contributed by atoms with E-state index < -0.39 is 0 Å². The van der Waals surface area contributed by atoms with Crippen LogP contribution in [-0.2, 0) is 37.0 Å². The van der Waals surface area contributed by atoms with Gasteiger partial charge in [-0.2, -0.15) is 0 Å². The first-order chi connectivity index (χ1) is 24.0. The van der Waals surface area contributed by atoms with Crippen molar-refractivity contribution in [1.29, 1.82) is 0 Å². The fraction of sp³-hybridized carbons (Fsp3) is 0.680. The molecule has 2 unspecified atom stereocenters. The average Bonchev–Trinajstić information content (AvgIpc) is 3.73. The first-order valence-electron chi connectivity index (χ1n) is 21.7. The molecule has 8 bridgehead atoms. The van der Waals surface area contributed by atoms with Crippen molar-refractivity contribution in [2.75, 3.05) is 0 Å². The molecule has 0 N–H and O–H groups in total. The predicted molar refractivity (Wildman–Crippen MR) is 208 cm³/mol. The molecule has 0 heterocycles. The second kappa shape index (κ2) is 11.4. The number of fused-ring (bicyclic) bond motifs is 3. The molecule has 0 saturated heterocycles. The Morgan fingerprint density at radius 1 is 0.647 bits per heavy atom. The molecule has 11 aliphatic carbocycles. The maximum Gasteiger partial charge on any atom is 0.0199 e. The molecule has 268 valence electrons. The van der Waals surface area contributed by atoms with Crippen LogP contribution >= 0.6 is 0 Å². The summed E-state index contributed by atoms with van der Waals surface area (Å²) in [6, 6.07) is 16.5. The van der Waals surface area contributed by atoms with E-state index in [4.69, 9.17) is 0 Å². The maximum atomic E-state index is 2.84. The largest absolute Gasteiger partial charge is 0.0645 e. The summed E-state index contributed by atoms with van der Waals surface area (Å²) < 4.78 is 0. The summed E-state index contributed by atoms with van der Waals surface area (Å²) in [5.41, 5.74) is 16.7. The third-order valence-corrected chi connectivity index (χ3v) is 17.9. The molecule has 2 atom stereocenters. The summed E-state index contributed by atoms with van der Waals surface area (Å²) in [6.45, 7) is 15.0. The van der Waals surface area contributed by atoms with Gasteiger partial charge in [-0.05, 0) is 199 Å². The molecular weight excluding hydrogens is 692 g/mol. The van der Waals surface area contributed by atoms with E-state index in [9.17, 15) is 0 Å². The fourth-order valence-corrected chi connectivity index (χ4v) is 16.4. The van der Waals surface area contributed by atoms with Gasteiger partial charge in [0.05, 0.1) is 0 Å². The van der Waals surface area contributed by atoms with Crippen molar-refractivity contribution < 1.29 is 26.2 Å². The van der Waals surface area contributed by atoms with Crippen molar-refractivity contribution >= 4 is 0 Å². The minimum Gasteiger partial charge on any atom is -0.0645 e. The zero-order chi connectivity index (χ0) is 33.9. The van der Waals surface area contributed by atoms with Crippen LogP contribution in [0, 0.1) is 58.2 Å². The molecule has 0 aliphatic heterocycles. The van der Waals surface area contributed by atoms with Gasteiger partial charge in [0.15, 0.2) is 0 Å². The van der Waals surface area contributed by atoms with Gasteiger partial charge in [0.1, 0.15) is 0 Å². The summed E-state index contributed by atoms with van der Waals surface area (Å²) in [5.74, 6) is 7.80. The Hall–Kier alpha value is -1.20. The zero-order valence-electron chi connectivity index (χ0n) is 32.8. The van der Waals surface area contributed by atoms with Gasteiger partial charge in [-0.25, -0.2) is 0 Å². The average molecular weight is 756 g/mol. The van der Waals surface area contributed by atoms with Crippen molar-refractivity contribution in [3.63, 3.8) is 0 Å². The molecule has 11 aliphatic rings. The van der Waals surface area contributed by atoms with E-state index in [0.717, 1.165) is 35.5 Å². The van der Waals surface area contributed by atoms with E-state index in [1.807, 2.05) is 5.57 Å². The van der Waals surface area contributed by atoms with Crippen molar-refractivity contribution in [1.82, 2.24) is 0 Å². The fourth-order valence-electron chi connectivity index (χ4n) is 16.4. The van der Waals surface area contributed by atoms with Gasteiger partial charge in [0.2, 0.25) is 0 Å². The van der Waals surface area contributed by atoms with Gasteiger partial charge < -0.3 is 0 Å². The molecule has 51 heavy (non-hydrogen) atoms. The SMILES string of the molecule is CCC1(C2c3ccc(C45CC6CC(CC(C6)C4)C5)cc3-c3cc(C45CC6CC(CC(C6)C4)C5)ccc32)CC(C(C)C)C2=C1C=C(C(C)(C)C)C2.[Zr]. The molecule has 0 radical (unpaired) electrons. The Labute approximate surface area is 329 Å². The van der Waals surface area contributed by atoms with Crippen molar-refractivity contribution in [3.8, 4) is 11.1 Å². The van der Waals surface area contributed by atoms with Crippen LogP contribution in [0.3, 0.4) is 0 Å². The van der Waals surface area contributed by atoms with Gasteiger partial charge in [0.25, 0.3) is 0 Å². The third-order valence-electron chi connectivity index (χ3n) is 17.9. The molecule has 2 aromatic rings. The number of allylic oxidation sites excluding steroid dienone is 4. The Balaban J connectivity index is 0.00000327. The molecule has 2 aromatic carbocycles.